The minimum Gasteiger partial charge on any atom is -0.495 e. The first-order valence-corrected chi connectivity index (χ1v) is 10.8. The second kappa shape index (κ2) is 8.43. The predicted octanol–water partition coefficient (Wildman–Crippen LogP) is 3.10. The van der Waals surface area contributed by atoms with Crippen molar-refractivity contribution in [3.8, 4) is 5.75 Å². The number of ether oxygens (including phenoxy) is 1. The number of rotatable bonds is 6. The highest BCUT2D eigenvalue weighted by atomic mass is 16.5. The Bertz CT molecular complexity index is 1250. The smallest absolute Gasteiger partial charge is 0.277 e. The monoisotopic (exact) mass is 417 g/mol. The van der Waals surface area contributed by atoms with Gasteiger partial charge in [-0.2, -0.15) is 0 Å². The van der Waals surface area contributed by atoms with Crippen molar-refractivity contribution in [3.63, 3.8) is 0 Å². The lowest BCUT2D eigenvalue weighted by Crippen LogP contribution is -2.46. The molecule has 0 bridgehead atoms. The topological polar surface area (TPSA) is 66.4 Å². The zero-order valence-electron chi connectivity index (χ0n) is 17.8. The van der Waals surface area contributed by atoms with Gasteiger partial charge >= 0.3 is 0 Å². The minimum atomic E-state index is 0.00203. The van der Waals surface area contributed by atoms with Crippen molar-refractivity contribution in [1.29, 1.82) is 0 Å². The molecule has 4 aromatic rings. The largest absolute Gasteiger partial charge is 0.495 e. The van der Waals surface area contributed by atoms with Crippen LogP contribution < -0.4 is 15.2 Å². The van der Waals surface area contributed by atoms with E-state index < -0.39 is 0 Å². The number of aromatic nitrogens is 3. The van der Waals surface area contributed by atoms with E-state index in [1.807, 2.05) is 36.4 Å². The summed E-state index contributed by atoms with van der Waals surface area (Å²) in [6, 6.07) is 16.1. The lowest BCUT2D eigenvalue weighted by atomic mass is 10.2. The van der Waals surface area contributed by atoms with Crippen LogP contribution in [0.3, 0.4) is 0 Å². The lowest BCUT2D eigenvalue weighted by Gasteiger charge is -2.36. The molecule has 0 radical (unpaired) electrons. The Morgan fingerprint density at radius 2 is 1.77 bits per heavy atom. The molecule has 1 fully saturated rings. The van der Waals surface area contributed by atoms with Crippen LogP contribution in [-0.2, 0) is 6.54 Å². The number of aryl methyl sites for hydroxylation is 1. The Labute approximate surface area is 180 Å². The Kier molecular flexibility index (Phi) is 5.34. The van der Waals surface area contributed by atoms with E-state index in [4.69, 9.17) is 4.74 Å². The average molecular weight is 418 g/mol. The molecule has 160 valence electrons. The maximum Gasteiger partial charge on any atom is 0.277 e. The van der Waals surface area contributed by atoms with E-state index in [2.05, 4.69) is 31.9 Å². The third kappa shape index (κ3) is 3.77. The molecule has 0 amide bonds. The molecule has 0 spiro atoms. The van der Waals surface area contributed by atoms with Crippen LogP contribution in [0.25, 0.3) is 21.9 Å². The molecule has 1 saturated heterocycles. The molecule has 0 aliphatic carbocycles. The van der Waals surface area contributed by atoms with E-state index in [-0.39, 0.29) is 5.56 Å². The van der Waals surface area contributed by atoms with Gasteiger partial charge in [0.25, 0.3) is 5.56 Å². The second-order valence-corrected chi connectivity index (χ2v) is 7.99. The Morgan fingerprint density at radius 1 is 1.00 bits per heavy atom. The molecule has 0 unspecified atom stereocenters. The molecule has 1 aliphatic heterocycles. The zero-order chi connectivity index (χ0) is 21.2. The van der Waals surface area contributed by atoms with E-state index >= 15 is 0 Å². The van der Waals surface area contributed by atoms with Gasteiger partial charge in [-0.15, -0.1) is 0 Å². The number of benzene rings is 2. The Morgan fingerprint density at radius 3 is 2.61 bits per heavy atom. The highest BCUT2D eigenvalue weighted by molar-refractivity contribution is 6.04. The third-order valence-electron chi connectivity index (χ3n) is 6.15. The summed E-state index contributed by atoms with van der Waals surface area (Å²) in [6.45, 7) is 5.60. The van der Waals surface area contributed by atoms with Gasteiger partial charge in [0.15, 0.2) is 0 Å². The molecule has 31 heavy (non-hydrogen) atoms. The fourth-order valence-corrected chi connectivity index (χ4v) is 4.47. The lowest BCUT2D eigenvalue weighted by molar-refractivity contribution is 0.249. The van der Waals surface area contributed by atoms with Gasteiger partial charge in [0, 0.05) is 43.6 Å². The molecule has 0 atom stereocenters. The SMILES string of the molecule is COc1ccccc1N1CCN(CCCn2cnc3c([nH]c4ccccc43)c2=O)CC1. The summed E-state index contributed by atoms with van der Waals surface area (Å²) in [6.07, 6.45) is 2.60. The number of nitrogens with zero attached hydrogens (tertiary/aromatic N) is 4. The van der Waals surface area contributed by atoms with Gasteiger partial charge in [-0.1, -0.05) is 30.3 Å². The Hall–Kier alpha value is -3.32. The molecule has 2 aromatic carbocycles. The highest BCUT2D eigenvalue weighted by Crippen LogP contribution is 2.28. The summed E-state index contributed by atoms with van der Waals surface area (Å²) < 4.78 is 7.23. The number of nitrogens with one attached hydrogen (secondary N) is 1. The number of methoxy groups -OCH3 is 1. The number of H-pyrrole nitrogens is 1. The van der Waals surface area contributed by atoms with Crippen molar-refractivity contribution < 1.29 is 4.74 Å². The fourth-order valence-electron chi connectivity index (χ4n) is 4.47. The molecule has 3 heterocycles. The minimum absolute atomic E-state index is 0.00203. The van der Waals surface area contributed by atoms with E-state index in [1.165, 1.54) is 0 Å². The van der Waals surface area contributed by atoms with Crippen molar-refractivity contribution in [3.05, 3.63) is 65.2 Å². The number of para-hydroxylation sites is 3. The van der Waals surface area contributed by atoms with Crippen LogP contribution in [-0.4, -0.2) is 59.3 Å². The summed E-state index contributed by atoms with van der Waals surface area (Å²) >= 11 is 0. The number of anilines is 1. The first-order chi connectivity index (χ1) is 15.2. The van der Waals surface area contributed by atoms with Crippen molar-refractivity contribution in [2.45, 2.75) is 13.0 Å². The predicted molar refractivity (Wildman–Crippen MR) is 124 cm³/mol. The van der Waals surface area contributed by atoms with Crippen molar-refractivity contribution in [1.82, 2.24) is 19.4 Å². The first-order valence-electron chi connectivity index (χ1n) is 10.8. The molecular formula is C24H27N5O2. The van der Waals surface area contributed by atoms with Gasteiger partial charge in [0.05, 0.1) is 19.1 Å². The van der Waals surface area contributed by atoms with Crippen molar-refractivity contribution in [2.75, 3.05) is 44.7 Å². The van der Waals surface area contributed by atoms with Crippen LogP contribution in [0.1, 0.15) is 6.42 Å². The van der Waals surface area contributed by atoms with Gasteiger partial charge in [-0.05, 0) is 31.2 Å². The molecule has 1 N–H and O–H groups in total. The van der Waals surface area contributed by atoms with Crippen LogP contribution in [0.5, 0.6) is 5.75 Å². The zero-order valence-corrected chi connectivity index (χ0v) is 17.8. The number of fused-ring (bicyclic) bond motifs is 3. The van der Waals surface area contributed by atoms with E-state index in [0.29, 0.717) is 12.1 Å². The normalized spacial score (nSPS) is 15.1. The standard InChI is InChI=1S/C24H27N5O2/c1-31-21-10-5-4-9-20(21)28-15-13-27(14-16-28)11-6-12-29-17-25-22-18-7-2-3-8-19(18)26-23(22)24(29)30/h2-5,7-10,17,26H,6,11-16H2,1H3. The number of aromatic amines is 1. The van der Waals surface area contributed by atoms with Crippen LogP contribution in [0.15, 0.2) is 59.7 Å². The van der Waals surface area contributed by atoms with Gasteiger partial charge in [0.2, 0.25) is 0 Å². The van der Waals surface area contributed by atoms with Crippen LogP contribution in [0, 0.1) is 0 Å². The molecular weight excluding hydrogens is 390 g/mol. The maximum atomic E-state index is 12.9. The van der Waals surface area contributed by atoms with Gasteiger partial charge in [-0.3, -0.25) is 14.3 Å². The first kappa shape index (κ1) is 19.6. The van der Waals surface area contributed by atoms with E-state index in [0.717, 1.165) is 67.0 Å². The third-order valence-corrected chi connectivity index (χ3v) is 6.15. The summed E-state index contributed by atoms with van der Waals surface area (Å²) in [7, 11) is 1.72. The second-order valence-electron chi connectivity index (χ2n) is 7.99. The number of hydrogen-bond donors (Lipinski definition) is 1. The van der Waals surface area contributed by atoms with Crippen molar-refractivity contribution >= 4 is 27.6 Å². The number of hydrogen-bond acceptors (Lipinski definition) is 5. The van der Waals surface area contributed by atoms with E-state index in [9.17, 15) is 4.79 Å². The molecule has 5 rings (SSSR count). The molecule has 7 nitrogen and oxygen atoms in total. The summed E-state index contributed by atoms with van der Waals surface area (Å²) in [5.74, 6) is 0.926. The number of piperazine rings is 1. The molecule has 0 saturated carbocycles. The maximum absolute atomic E-state index is 12.9. The molecule has 2 aromatic heterocycles. The quantitative estimate of drug-likeness (QED) is 0.522. The van der Waals surface area contributed by atoms with Crippen LogP contribution >= 0.6 is 0 Å². The highest BCUT2D eigenvalue weighted by Gasteiger charge is 2.19. The van der Waals surface area contributed by atoms with Gasteiger partial charge in [-0.25, -0.2) is 4.98 Å². The fraction of sp³-hybridized carbons (Fsp3) is 0.333. The van der Waals surface area contributed by atoms with E-state index in [1.54, 1.807) is 18.0 Å². The molecule has 1 aliphatic rings. The summed E-state index contributed by atoms with van der Waals surface area (Å²) in [5, 5.41) is 0.995. The van der Waals surface area contributed by atoms with Crippen LogP contribution in [0.2, 0.25) is 0 Å². The summed E-state index contributed by atoms with van der Waals surface area (Å²) in [5.41, 5.74) is 3.46. The van der Waals surface area contributed by atoms with Gasteiger partial charge in [0.1, 0.15) is 16.8 Å². The Balaban J connectivity index is 1.19. The van der Waals surface area contributed by atoms with Gasteiger partial charge < -0.3 is 14.6 Å². The molecule has 7 heteroatoms. The summed E-state index contributed by atoms with van der Waals surface area (Å²) in [4.78, 5) is 25.5. The van der Waals surface area contributed by atoms with Crippen LogP contribution in [0.4, 0.5) is 5.69 Å². The average Bonchev–Trinajstić information content (AvgIpc) is 3.20. The van der Waals surface area contributed by atoms with Crippen molar-refractivity contribution in [2.24, 2.45) is 0 Å².